The van der Waals surface area contributed by atoms with Crippen LogP contribution in [0.25, 0.3) is 11.5 Å². The van der Waals surface area contributed by atoms with E-state index in [1.165, 1.54) is 22.7 Å². The molecule has 0 fully saturated rings. The lowest BCUT2D eigenvalue weighted by Gasteiger charge is -2.21. The predicted molar refractivity (Wildman–Crippen MR) is 134 cm³/mol. The van der Waals surface area contributed by atoms with Crippen LogP contribution in [0.1, 0.15) is 57.0 Å². The number of nitrogens with zero attached hydrogens (tertiary/aromatic N) is 5. The van der Waals surface area contributed by atoms with E-state index in [1.807, 2.05) is 0 Å². The fraction of sp³-hybridized carbons (Fsp3) is 0.500. The van der Waals surface area contributed by atoms with Crippen LogP contribution < -0.4 is 4.74 Å². The normalized spacial score (nSPS) is 11.7. The number of aromatic nitrogens is 4. The van der Waals surface area contributed by atoms with Gasteiger partial charge in [0.25, 0.3) is 5.19 Å². The molecular weight excluding hydrogens is 442 g/mol. The molecule has 0 aliphatic carbocycles. The van der Waals surface area contributed by atoms with Crippen molar-refractivity contribution >= 4 is 23.9 Å². The molecule has 32 heavy (non-hydrogen) atoms. The van der Waals surface area contributed by atoms with Crippen LogP contribution in [-0.4, -0.2) is 43.9 Å². The fourth-order valence-corrected chi connectivity index (χ4v) is 3.62. The van der Waals surface area contributed by atoms with Crippen LogP contribution >= 0.6 is 23.9 Å². The van der Waals surface area contributed by atoms with Crippen molar-refractivity contribution in [3.8, 4) is 22.5 Å². The molecule has 0 radical (unpaired) electrons. The predicted octanol–water partition coefficient (Wildman–Crippen LogP) is 6.01. The minimum atomic E-state index is -0.0406. The van der Waals surface area contributed by atoms with E-state index < -0.39 is 0 Å². The van der Waals surface area contributed by atoms with Gasteiger partial charge in [0.15, 0.2) is 5.82 Å². The Hall–Kier alpha value is -2.09. The molecule has 0 unspecified atom stereocenters. The van der Waals surface area contributed by atoms with Gasteiger partial charge in [-0.2, -0.15) is 9.36 Å². The Labute approximate surface area is 202 Å². The number of ether oxygens (including phenoxy) is 1. The van der Waals surface area contributed by atoms with E-state index >= 15 is 0 Å². The van der Waals surface area contributed by atoms with Gasteiger partial charge >= 0.3 is 0 Å². The monoisotopic (exact) mass is 475 g/mol. The van der Waals surface area contributed by atoms with Gasteiger partial charge in [-0.15, -0.1) is 12.4 Å². The number of likely N-dealkylation sites (N-methyl/N-ethyl adjacent to an activating group) is 1. The first kappa shape index (κ1) is 26.2. The van der Waals surface area contributed by atoms with Gasteiger partial charge in [-0.1, -0.05) is 26.8 Å². The molecular formula is C24H34ClN5OS. The van der Waals surface area contributed by atoms with Crippen LogP contribution in [0.2, 0.25) is 0 Å². The maximum absolute atomic E-state index is 6.08. The first-order valence-electron chi connectivity index (χ1n) is 10.7. The molecule has 0 aliphatic heterocycles. The second kappa shape index (κ2) is 10.7. The number of benzene rings is 1. The van der Waals surface area contributed by atoms with Gasteiger partial charge in [0, 0.05) is 35.7 Å². The molecule has 0 spiro atoms. The Bertz CT molecular complexity index is 1030. The molecule has 0 saturated heterocycles. The van der Waals surface area contributed by atoms with Crippen LogP contribution in [0.3, 0.4) is 0 Å². The summed E-state index contributed by atoms with van der Waals surface area (Å²) in [6.45, 7) is 16.0. The van der Waals surface area contributed by atoms with Gasteiger partial charge in [0.2, 0.25) is 0 Å². The summed E-state index contributed by atoms with van der Waals surface area (Å²) in [4.78, 5) is 15.9. The van der Waals surface area contributed by atoms with Crippen molar-refractivity contribution in [2.24, 2.45) is 0 Å². The first-order chi connectivity index (χ1) is 14.5. The zero-order chi connectivity index (χ0) is 22.8. The summed E-state index contributed by atoms with van der Waals surface area (Å²) in [5, 5.41) is 0.506. The molecule has 0 aliphatic rings. The Morgan fingerprint density at radius 2 is 1.78 bits per heavy atom. The van der Waals surface area contributed by atoms with Gasteiger partial charge < -0.3 is 9.64 Å². The van der Waals surface area contributed by atoms with Crippen molar-refractivity contribution in [2.45, 2.75) is 66.3 Å². The summed E-state index contributed by atoms with van der Waals surface area (Å²) in [6.07, 6.45) is 4.54. The average molecular weight is 476 g/mol. The van der Waals surface area contributed by atoms with Crippen LogP contribution in [0.4, 0.5) is 0 Å². The molecule has 6 nitrogen and oxygen atoms in total. The van der Waals surface area contributed by atoms with E-state index in [1.54, 1.807) is 12.4 Å². The summed E-state index contributed by atoms with van der Waals surface area (Å²) < 4.78 is 10.5. The average Bonchev–Trinajstić information content (AvgIpc) is 3.17. The highest BCUT2D eigenvalue weighted by Crippen LogP contribution is 2.31. The van der Waals surface area contributed by atoms with Crippen molar-refractivity contribution in [3.05, 3.63) is 46.9 Å². The van der Waals surface area contributed by atoms with Gasteiger partial charge in [-0.3, -0.25) is 4.98 Å². The van der Waals surface area contributed by atoms with Crippen LogP contribution in [0, 0.1) is 13.8 Å². The highest BCUT2D eigenvalue weighted by molar-refractivity contribution is 7.07. The largest absolute Gasteiger partial charge is 0.430 e. The third-order valence-corrected chi connectivity index (χ3v) is 6.10. The molecule has 1 aromatic carbocycles. The Morgan fingerprint density at radius 3 is 2.38 bits per heavy atom. The molecule has 3 rings (SSSR count). The highest BCUT2D eigenvalue weighted by Gasteiger charge is 2.17. The maximum atomic E-state index is 6.08. The molecule has 0 atom stereocenters. The van der Waals surface area contributed by atoms with Crippen molar-refractivity contribution in [3.63, 3.8) is 0 Å². The number of rotatable bonds is 7. The molecule has 0 amide bonds. The van der Waals surface area contributed by atoms with Crippen LogP contribution in [-0.2, 0) is 11.8 Å². The quantitative estimate of drug-likeness (QED) is 0.417. The number of hydrogen-bond donors (Lipinski definition) is 0. The van der Waals surface area contributed by atoms with Gasteiger partial charge in [-0.05, 0) is 63.9 Å². The fourth-order valence-electron chi connectivity index (χ4n) is 3.06. The smallest absolute Gasteiger partial charge is 0.299 e. The molecule has 174 valence electrons. The number of aryl methyl sites for hydroxylation is 2. The lowest BCUT2D eigenvalue weighted by molar-refractivity contribution is 0.277. The zero-order valence-corrected chi connectivity index (χ0v) is 21.9. The molecule has 0 N–H and O–H groups in total. The maximum Gasteiger partial charge on any atom is 0.299 e. The third-order valence-electron chi connectivity index (χ3n) is 5.50. The van der Waals surface area contributed by atoms with Gasteiger partial charge in [0.1, 0.15) is 11.4 Å². The van der Waals surface area contributed by atoms with E-state index in [4.69, 9.17) is 4.74 Å². The standard InChI is InChI=1S/C24H33N5OS.ClH/c1-15(2)29(8)10-9-18-11-17(4)20(12-16(18)3)30-23-27-22(28-31-23)19-13-26-21(14-25-19)24(5,6)7;/h11-15H,9-10H2,1-8H3;1H. The summed E-state index contributed by atoms with van der Waals surface area (Å²) in [7, 11) is 2.17. The van der Waals surface area contributed by atoms with E-state index in [0.717, 1.165) is 30.0 Å². The van der Waals surface area contributed by atoms with Crippen molar-refractivity contribution in [2.75, 3.05) is 13.6 Å². The lowest BCUT2D eigenvalue weighted by atomic mass is 9.93. The summed E-state index contributed by atoms with van der Waals surface area (Å²) in [5.41, 5.74) is 5.22. The van der Waals surface area contributed by atoms with Crippen LogP contribution in [0.5, 0.6) is 10.9 Å². The summed E-state index contributed by atoms with van der Waals surface area (Å²) in [5.74, 6) is 1.35. The third kappa shape index (κ3) is 6.47. The minimum Gasteiger partial charge on any atom is -0.430 e. The van der Waals surface area contributed by atoms with E-state index in [2.05, 4.69) is 91.9 Å². The zero-order valence-electron chi connectivity index (χ0n) is 20.3. The first-order valence-corrected chi connectivity index (χ1v) is 11.5. The highest BCUT2D eigenvalue weighted by atomic mass is 35.5. The number of halogens is 1. The lowest BCUT2D eigenvalue weighted by Crippen LogP contribution is -2.28. The molecule has 0 bridgehead atoms. The molecule has 0 saturated carbocycles. The Balaban J connectivity index is 0.00000363. The van der Waals surface area contributed by atoms with Crippen molar-refractivity contribution in [1.82, 2.24) is 24.2 Å². The molecule has 3 aromatic rings. The van der Waals surface area contributed by atoms with Crippen molar-refractivity contribution < 1.29 is 4.74 Å². The molecule has 2 aromatic heterocycles. The minimum absolute atomic E-state index is 0. The SMILES string of the molecule is Cc1cc(Oc2nc(-c3cnc(C(C)(C)C)cn3)ns2)c(C)cc1CCN(C)C(C)C.Cl. The number of hydrogen-bond acceptors (Lipinski definition) is 7. The topological polar surface area (TPSA) is 64.0 Å². The Kier molecular flexibility index (Phi) is 8.74. The second-order valence-corrected chi connectivity index (χ2v) is 10.1. The van der Waals surface area contributed by atoms with Crippen molar-refractivity contribution in [1.29, 1.82) is 0 Å². The summed E-state index contributed by atoms with van der Waals surface area (Å²) in [6, 6.07) is 4.86. The van der Waals surface area contributed by atoms with E-state index in [-0.39, 0.29) is 17.8 Å². The molecule has 2 heterocycles. The summed E-state index contributed by atoms with van der Waals surface area (Å²) >= 11 is 1.23. The van der Waals surface area contributed by atoms with Crippen LogP contribution in [0.15, 0.2) is 24.5 Å². The molecule has 8 heteroatoms. The Morgan fingerprint density at radius 1 is 1.06 bits per heavy atom. The van der Waals surface area contributed by atoms with E-state index in [0.29, 0.717) is 22.8 Å². The second-order valence-electron chi connectivity index (χ2n) is 9.39. The van der Waals surface area contributed by atoms with E-state index in [9.17, 15) is 0 Å². The van der Waals surface area contributed by atoms with Gasteiger partial charge in [-0.25, -0.2) is 4.98 Å². The van der Waals surface area contributed by atoms with Gasteiger partial charge in [0.05, 0.1) is 11.9 Å².